The zero-order valence-corrected chi connectivity index (χ0v) is 21.3. The lowest BCUT2D eigenvalue weighted by Crippen LogP contribution is -2.54. The minimum Gasteiger partial charge on any atom is -0.490 e. The lowest BCUT2D eigenvalue weighted by Gasteiger charge is -2.27. The Morgan fingerprint density at radius 2 is 1.79 bits per heavy atom. The molecule has 194 valence electrons. The van der Waals surface area contributed by atoms with Gasteiger partial charge < -0.3 is 9.47 Å². The molecule has 0 spiro atoms. The normalized spacial score (nSPS) is 14.4. The third kappa shape index (κ3) is 5.76. The van der Waals surface area contributed by atoms with Crippen molar-refractivity contribution in [1.82, 2.24) is 5.32 Å². The number of ether oxygens (including phenoxy) is 2. The smallest absolute Gasteiger partial charge is 0.335 e. The van der Waals surface area contributed by atoms with Crippen molar-refractivity contribution < 1.29 is 28.2 Å². The van der Waals surface area contributed by atoms with E-state index in [0.717, 1.165) is 10.5 Å². The molecule has 7 nitrogen and oxygen atoms in total. The second-order valence-corrected chi connectivity index (χ2v) is 8.66. The average molecular weight is 535 g/mol. The lowest BCUT2D eigenvalue weighted by atomic mass is 10.0. The van der Waals surface area contributed by atoms with Gasteiger partial charge in [0.25, 0.3) is 11.8 Å². The molecule has 0 atom stereocenters. The van der Waals surface area contributed by atoms with Crippen LogP contribution in [0.5, 0.6) is 11.5 Å². The Morgan fingerprint density at radius 3 is 2.47 bits per heavy atom. The van der Waals surface area contributed by atoms with Crippen LogP contribution < -0.4 is 19.7 Å². The summed E-state index contributed by atoms with van der Waals surface area (Å²) in [4.78, 5) is 39.3. The van der Waals surface area contributed by atoms with E-state index in [4.69, 9.17) is 21.1 Å². The molecular weight excluding hydrogens is 511 g/mol. The zero-order valence-electron chi connectivity index (χ0n) is 20.5. The molecule has 0 aromatic heterocycles. The van der Waals surface area contributed by atoms with Gasteiger partial charge in [-0.25, -0.2) is 14.1 Å². The monoisotopic (exact) mass is 534 g/mol. The SMILES string of the molecule is C=CCc1cc(/C=C2\C(=O)NC(=O)N(c3ccccc3Cl)C2=O)cc(OCC)c1OCc1ccc(F)cc1. The Labute approximate surface area is 224 Å². The van der Waals surface area contributed by atoms with Crippen molar-refractivity contribution in [2.45, 2.75) is 20.0 Å². The van der Waals surface area contributed by atoms with E-state index < -0.39 is 17.8 Å². The van der Waals surface area contributed by atoms with Gasteiger partial charge >= 0.3 is 6.03 Å². The van der Waals surface area contributed by atoms with Crippen LogP contribution in [-0.2, 0) is 22.6 Å². The number of amides is 4. The fourth-order valence-corrected chi connectivity index (χ4v) is 4.13. The Kier molecular flexibility index (Phi) is 8.23. The summed E-state index contributed by atoms with van der Waals surface area (Å²) in [7, 11) is 0. The van der Waals surface area contributed by atoms with Crippen molar-refractivity contribution in [2.75, 3.05) is 11.5 Å². The van der Waals surface area contributed by atoms with Crippen LogP contribution in [-0.4, -0.2) is 24.5 Å². The molecule has 0 aliphatic carbocycles. The number of hydrogen-bond acceptors (Lipinski definition) is 5. The number of barbiturate groups is 1. The highest BCUT2D eigenvalue weighted by Gasteiger charge is 2.37. The fourth-order valence-electron chi connectivity index (χ4n) is 3.91. The number of hydrogen-bond donors (Lipinski definition) is 1. The first-order chi connectivity index (χ1) is 18.3. The van der Waals surface area contributed by atoms with Crippen molar-refractivity contribution >= 4 is 41.2 Å². The number of carbonyl (C=O) groups is 3. The summed E-state index contributed by atoms with van der Waals surface area (Å²) >= 11 is 6.21. The molecule has 1 aliphatic heterocycles. The molecule has 38 heavy (non-hydrogen) atoms. The number of benzene rings is 3. The molecule has 1 fully saturated rings. The van der Waals surface area contributed by atoms with E-state index in [1.54, 1.807) is 42.5 Å². The number of halogens is 2. The Morgan fingerprint density at radius 1 is 1.05 bits per heavy atom. The molecule has 0 unspecified atom stereocenters. The summed E-state index contributed by atoms with van der Waals surface area (Å²) in [5.74, 6) is -1.13. The third-order valence-electron chi connectivity index (χ3n) is 5.62. The summed E-state index contributed by atoms with van der Waals surface area (Å²) in [5, 5.41) is 2.37. The van der Waals surface area contributed by atoms with Crippen molar-refractivity contribution in [2.24, 2.45) is 0 Å². The molecule has 1 saturated heterocycles. The number of imide groups is 2. The van der Waals surface area contributed by atoms with E-state index in [1.807, 2.05) is 6.92 Å². The molecule has 3 aromatic carbocycles. The van der Waals surface area contributed by atoms with Gasteiger partial charge in [0.15, 0.2) is 11.5 Å². The standard InChI is InChI=1S/C29H24ClFN2O5/c1-3-7-20-14-19(16-25(37-4-2)26(20)38-17-18-10-12-21(31)13-11-18)15-22-27(34)32-29(36)33(28(22)35)24-9-6-5-8-23(24)30/h3,5-6,8-16H,1,4,7,17H2,2H3,(H,32,34,36)/b22-15+. The highest BCUT2D eigenvalue weighted by Crippen LogP contribution is 2.36. The molecule has 1 heterocycles. The van der Waals surface area contributed by atoms with Crippen LogP contribution >= 0.6 is 11.6 Å². The first kappa shape index (κ1) is 26.6. The van der Waals surface area contributed by atoms with E-state index in [9.17, 15) is 18.8 Å². The van der Waals surface area contributed by atoms with Crippen LogP contribution in [0.2, 0.25) is 5.02 Å². The number of rotatable bonds is 9. The molecule has 1 aliphatic rings. The second-order valence-electron chi connectivity index (χ2n) is 8.26. The predicted octanol–water partition coefficient (Wildman–Crippen LogP) is 5.85. The van der Waals surface area contributed by atoms with Gasteiger partial charge in [-0.2, -0.15) is 0 Å². The second kappa shape index (κ2) is 11.7. The van der Waals surface area contributed by atoms with Crippen LogP contribution in [0.1, 0.15) is 23.6 Å². The van der Waals surface area contributed by atoms with E-state index in [-0.39, 0.29) is 28.7 Å². The van der Waals surface area contributed by atoms with Crippen LogP contribution in [0.4, 0.5) is 14.9 Å². The molecule has 9 heteroatoms. The first-order valence-electron chi connectivity index (χ1n) is 11.8. The Balaban J connectivity index is 1.72. The maximum absolute atomic E-state index is 13.3. The quantitative estimate of drug-likeness (QED) is 0.211. The number of nitrogens with one attached hydrogen (secondary N) is 1. The minimum atomic E-state index is -0.892. The van der Waals surface area contributed by atoms with Crippen molar-refractivity contribution in [3.05, 3.63) is 106 Å². The summed E-state index contributed by atoms with van der Waals surface area (Å²) in [6.45, 7) is 6.11. The van der Waals surface area contributed by atoms with Gasteiger partial charge in [0.1, 0.15) is 18.0 Å². The zero-order chi connectivity index (χ0) is 27.2. The fraction of sp³-hybridized carbons (Fsp3) is 0.138. The number of allylic oxidation sites excluding steroid dienone is 1. The largest absolute Gasteiger partial charge is 0.490 e. The minimum absolute atomic E-state index is 0.155. The van der Waals surface area contributed by atoms with Crippen LogP contribution in [0.15, 0.2) is 78.9 Å². The average Bonchev–Trinajstić information content (AvgIpc) is 2.88. The summed E-state index contributed by atoms with van der Waals surface area (Å²) in [5.41, 5.74) is 1.84. The van der Waals surface area contributed by atoms with Crippen molar-refractivity contribution in [3.63, 3.8) is 0 Å². The number of urea groups is 1. The van der Waals surface area contributed by atoms with Gasteiger partial charge in [-0.15, -0.1) is 6.58 Å². The third-order valence-corrected chi connectivity index (χ3v) is 5.94. The van der Waals surface area contributed by atoms with Gasteiger partial charge in [-0.3, -0.25) is 14.9 Å². The molecular formula is C29H24ClFN2O5. The summed E-state index contributed by atoms with van der Waals surface area (Å²) in [6.07, 6.45) is 3.47. The Bertz CT molecular complexity index is 1440. The van der Waals surface area contributed by atoms with Crippen LogP contribution in [0.25, 0.3) is 6.08 Å². The molecule has 4 amide bonds. The molecule has 3 aromatic rings. The first-order valence-corrected chi connectivity index (χ1v) is 12.1. The molecule has 4 rings (SSSR count). The summed E-state index contributed by atoms with van der Waals surface area (Å²) in [6, 6.07) is 14.8. The molecule has 1 N–H and O–H groups in total. The molecule has 0 bridgehead atoms. The van der Waals surface area contributed by atoms with Gasteiger partial charge in [-0.1, -0.05) is 41.9 Å². The molecule has 0 saturated carbocycles. The Hall–Kier alpha value is -4.43. The maximum atomic E-state index is 13.3. The lowest BCUT2D eigenvalue weighted by molar-refractivity contribution is -0.122. The van der Waals surface area contributed by atoms with Crippen molar-refractivity contribution in [1.29, 1.82) is 0 Å². The van der Waals surface area contributed by atoms with Gasteiger partial charge in [0, 0.05) is 5.56 Å². The highest BCUT2D eigenvalue weighted by atomic mass is 35.5. The maximum Gasteiger partial charge on any atom is 0.335 e. The predicted molar refractivity (Wildman–Crippen MR) is 143 cm³/mol. The number of nitrogens with zero attached hydrogens (tertiary/aromatic N) is 1. The van der Waals surface area contributed by atoms with Gasteiger partial charge in [0.2, 0.25) is 0 Å². The van der Waals surface area contributed by atoms with E-state index >= 15 is 0 Å². The van der Waals surface area contributed by atoms with Crippen LogP contribution in [0.3, 0.4) is 0 Å². The highest BCUT2D eigenvalue weighted by molar-refractivity contribution is 6.42. The van der Waals surface area contributed by atoms with E-state index in [1.165, 1.54) is 30.3 Å². The van der Waals surface area contributed by atoms with E-state index in [0.29, 0.717) is 35.7 Å². The molecule has 0 radical (unpaired) electrons. The number of para-hydroxylation sites is 1. The number of carbonyl (C=O) groups excluding carboxylic acids is 3. The number of anilines is 1. The summed E-state index contributed by atoms with van der Waals surface area (Å²) < 4.78 is 25.2. The van der Waals surface area contributed by atoms with Gasteiger partial charge in [-0.05, 0) is 66.9 Å². The van der Waals surface area contributed by atoms with Crippen molar-refractivity contribution in [3.8, 4) is 11.5 Å². The van der Waals surface area contributed by atoms with E-state index in [2.05, 4.69) is 11.9 Å². The van der Waals surface area contributed by atoms with Gasteiger partial charge in [0.05, 0.1) is 17.3 Å². The van der Waals surface area contributed by atoms with Crippen LogP contribution in [0, 0.1) is 5.82 Å². The topological polar surface area (TPSA) is 84.9 Å².